The van der Waals surface area contributed by atoms with E-state index in [0.717, 1.165) is 44.2 Å². The SMILES string of the molecule is CC(=O)c1cccc2c1OB(O)[C@@H](CC(=O)CC1CCC(NCCCN)CC1)C2. The van der Waals surface area contributed by atoms with Crippen molar-refractivity contribution in [3.8, 4) is 5.75 Å². The van der Waals surface area contributed by atoms with Gasteiger partial charge < -0.3 is 20.7 Å². The van der Waals surface area contributed by atoms with Crippen LogP contribution in [0.1, 0.15) is 67.8 Å². The van der Waals surface area contributed by atoms with E-state index in [-0.39, 0.29) is 17.4 Å². The monoisotopic (exact) mass is 400 g/mol. The van der Waals surface area contributed by atoms with Crippen molar-refractivity contribution in [2.75, 3.05) is 13.1 Å². The van der Waals surface area contributed by atoms with Gasteiger partial charge >= 0.3 is 7.12 Å². The van der Waals surface area contributed by atoms with Crippen LogP contribution < -0.4 is 15.7 Å². The Morgan fingerprint density at radius 3 is 2.69 bits per heavy atom. The summed E-state index contributed by atoms with van der Waals surface area (Å²) in [5.74, 6) is 0.761. The number of carbonyl (C=O) groups is 2. The third kappa shape index (κ3) is 5.90. The predicted octanol–water partition coefficient (Wildman–Crippen LogP) is 2.52. The molecule has 3 rings (SSSR count). The summed E-state index contributed by atoms with van der Waals surface area (Å²) in [5.41, 5.74) is 6.92. The average molecular weight is 400 g/mol. The summed E-state index contributed by atoms with van der Waals surface area (Å²) in [4.78, 5) is 24.4. The Hall–Kier alpha value is -1.70. The van der Waals surface area contributed by atoms with Gasteiger partial charge in [-0.25, -0.2) is 0 Å². The van der Waals surface area contributed by atoms with Gasteiger partial charge in [-0.15, -0.1) is 0 Å². The number of fused-ring (bicyclic) bond motifs is 1. The summed E-state index contributed by atoms with van der Waals surface area (Å²) in [6, 6.07) is 5.99. The van der Waals surface area contributed by atoms with Crippen LogP contribution in [0.25, 0.3) is 0 Å². The van der Waals surface area contributed by atoms with Crippen LogP contribution in [-0.4, -0.2) is 42.8 Å². The number of hydrogen-bond donors (Lipinski definition) is 3. The van der Waals surface area contributed by atoms with Crippen molar-refractivity contribution in [1.29, 1.82) is 0 Å². The fourth-order valence-corrected chi connectivity index (χ4v) is 4.61. The smallest absolute Gasteiger partial charge is 0.526 e. The van der Waals surface area contributed by atoms with Gasteiger partial charge in [0.05, 0.1) is 5.56 Å². The third-order valence-corrected chi connectivity index (χ3v) is 6.27. The highest BCUT2D eigenvalue weighted by Crippen LogP contribution is 2.37. The van der Waals surface area contributed by atoms with Gasteiger partial charge in [0, 0.05) is 24.7 Å². The predicted molar refractivity (Wildman–Crippen MR) is 114 cm³/mol. The minimum absolute atomic E-state index is 0.0864. The van der Waals surface area contributed by atoms with Crippen LogP contribution in [0, 0.1) is 5.92 Å². The van der Waals surface area contributed by atoms with Gasteiger partial charge in [-0.2, -0.15) is 0 Å². The standard InChI is InChI=1S/C22H33BN2O4/c1-15(26)21-5-2-4-17-13-18(23(28)29-22(17)21)14-20(27)12-16-6-8-19(9-7-16)25-11-3-10-24/h2,4-5,16,18-19,25,28H,3,6-14,24H2,1H3/t16?,18-,19?/m1/s1. The molecule has 0 radical (unpaired) electrons. The van der Waals surface area contributed by atoms with Crippen LogP contribution in [-0.2, 0) is 11.2 Å². The number of ketones is 2. The first kappa shape index (κ1) is 22.0. The molecule has 0 spiro atoms. The van der Waals surface area contributed by atoms with Crippen LogP contribution in [0.5, 0.6) is 5.75 Å². The highest BCUT2D eigenvalue weighted by atomic mass is 16.5. The lowest BCUT2D eigenvalue weighted by Gasteiger charge is -2.30. The largest absolute Gasteiger partial charge is 0.535 e. The van der Waals surface area contributed by atoms with E-state index in [4.69, 9.17) is 10.4 Å². The molecular weight excluding hydrogens is 367 g/mol. The summed E-state index contributed by atoms with van der Waals surface area (Å²) in [5, 5.41) is 14.0. The molecule has 0 amide bonds. The topological polar surface area (TPSA) is 102 Å². The van der Waals surface area contributed by atoms with Crippen molar-refractivity contribution in [1.82, 2.24) is 5.32 Å². The second-order valence-electron chi connectivity index (χ2n) is 8.58. The normalized spacial score (nSPS) is 24.0. The molecular formula is C22H33BN2O4. The lowest BCUT2D eigenvalue weighted by molar-refractivity contribution is -0.120. The first-order valence-electron chi connectivity index (χ1n) is 10.9. The van der Waals surface area contributed by atoms with Crippen molar-refractivity contribution >= 4 is 18.7 Å². The van der Waals surface area contributed by atoms with Crippen molar-refractivity contribution in [2.24, 2.45) is 11.7 Å². The quantitative estimate of drug-likeness (QED) is 0.335. The van der Waals surface area contributed by atoms with E-state index < -0.39 is 7.12 Å². The maximum absolute atomic E-state index is 12.7. The zero-order valence-electron chi connectivity index (χ0n) is 17.4. The zero-order valence-corrected chi connectivity index (χ0v) is 17.4. The van der Waals surface area contributed by atoms with Crippen molar-refractivity contribution in [3.05, 3.63) is 29.3 Å². The Labute approximate surface area is 173 Å². The van der Waals surface area contributed by atoms with Gasteiger partial charge in [-0.1, -0.05) is 12.1 Å². The van der Waals surface area contributed by atoms with Crippen LogP contribution in [0.2, 0.25) is 5.82 Å². The Balaban J connectivity index is 1.48. The lowest BCUT2D eigenvalue weighted by atomic mass is 9.64. The molecule has 1 atom stereocenters. The van der Waals surface area contributed by atoms with Crippen LogP contribution in [0.3, 0.4) is 0 Å². The summed E-state index contributed by atoms with van der Waals surface area (Å²) in [6.45, 7) is 3.18. The van der Waals surface area contributed by atoms with Crippen LogP contribution >= 0.6 is 0 Å². The van der Waals surface area contributed by atoms with Gasteiger partial charge in [0.25, 0.3) is 0 Å². The number of carbonyl (C=O) groups excluding carboxylic acids is 2. The first-order valence-corrected chi connectivity index (χ1v) is 10.9. The highest BCUT2D eigenvalue weighted by Gasteiger charge is 2.37. The molecule has 0 unspecified atom stereocenters. The molecule has 6 nitrogen and oxygen atoms in total. The molecule has 7 heteroatoms. The Bertz CT molecular complexity index is 719. The van der Waals surface area contributed by atoms with Gasteiger partial charge in [-0.3, -0.25) is 9.59 Å². The Morgan fingerprint density at radius 1 is 1.24 bits per heavy atom. The van der Waals surface area contributed by atoms with E-state index in [2.05, 4.69) is 5.32 Å². The lowest BCUT2D eigenvalue weighted by Crippen LogP contribution is -2.36. The van der Waals surface area contributed by atoms with E-state index in [0.29, 0.717) is 49.1 Å². The highest BCUT2D eigenvalue weighted by molar-refractivity contribution is 6.47. The molecule has 1 heterocycles. The molecule has 2 aliphatic rings. The summed E-state index contributed by atoms with van der Waals surface area (Å²) >= 11 is 0. The van der Waals surface area contributed by atoms with Gasteiger partial charge in [-0.05, 0) is 76.1 Å². The van der Waals surface area contributed by atoms with E-state index in [1.807, 2.05) is 12.1 Å². The molecule has 1 aromatic carbocycles. The zero-order chi connectivity index (χ0) is 20.8. The summed E-state index contributed by atoms with van der Waals surface area (Å²) in [6.07, 6.45) is 6.82. The molecule has 1 aromatic rings. The van der Waals surface area contributed by atoms with Gasteiger partial charge in [0.15, 0.2) is 5.78 Å². The summed E-state index contributed by atoms with van der Waals surface area (Å²) < 4.78 is 5.65. The van der Waals surface area contributed by atoms with Crippen molar-refractivity contribution < 1.29 is 19.3 Å². The molecule has 0 aromatic heterocycles. The molecule has 0 saturated heterocycles. The molecule has 29 heavy (non-hydrogen) atoms. The molecule has 1 aliphatic heterocycles. The molecule has 1 fully saturated rings. The Morgan fingerprint density at radius 2 is 2.00 bits per heavy atom. The number of para-hydroxylation sites is 1. The number of rotatable bonds is 9. The number of nitrogens with two attached hydrogens (primary N) is 1. The first-order chi connectivity index (χ1) is 14.0. The van der Waals surface area contributed by atoms with Crippen molar-refractivity contribution in [2.45, 2.75) is 70.1 Å². The van der Waals surface area contributed by atoms with Gasteiger partial charge in [0.2, 0.25) is 0 Å². The fourth-order valence-electron chi connectivity index (χ4n) is 4.61. The van der Waals surface area contributed by atoms with E-state index in [1.54, 1.807) is 6.07 Å². The number of hydrogen-bond acceptors (Lipinski definition) is 6. The maximum atomic E-state index is 12.7. The van der Waals surface area contributed by atoms with Crippen molar-refractivity contribution in [3.63, 3.8) is 0 Å². The fraction of sp³-hybridized carbons (Fsp3) is 0.636. The maximum Gasteiger partial charge on any atom is 0.526 e. The minimum atomic E-state index is -1.05. The molecule has 0 bridgehead atoms. The minimum Gasteiger partial charge on any atom is -0.535 e. The van der Waals surface area contributed by atoms with E-state index in [1.165, 1.54) is 6.92 Å². The molecule has 1 aliphatic carbocycles. The Kier molecular flexibility index (Phi) is 7.87. The van der Waals surface area contributed by atoms with Gasteiger partial charge in [0.1, 0.15) is 11.5 Å². The van der Waals surface area contributed by atoms with Crippen LogP contribution in [0.4, 0.5) is 0 Å². The molecule has 1 saturated carbocycles. The number of nitrogens with one attached hydrogen (secondary N) is 1. The van der Waals surface area contributed by atoms with Crippen LogP contribution in [0.15, 0.2) is 18.2 Å². The summed E-state index contributed by atoms with van der Waals surface area (Å²) in [7, 11) is -1.05. The number of benzene rings is 1. The third-order valence-electron chi connectivity index (χ3n) is 6.27. The van der Waals surface area contributed by atoms with E-state index in [9.17, 15) is 14.6 Å². The molecule has 4 N–H and O–H groups in total. The second-order valence-corrected chi connectivity index (χ2v) is 8.58. The average Bonchev–Trinajstić information content (AvgIpc) is 2.69. The number of Topliss-reactive ketones (excluding diaryl/α,β-unsaturated/α-hetero) is 2. The second kappa shape index (κ2) is 10.4. The van der Waals surface area contributed by atoms with E-state index >= 15 is 0 Å². The molecule has 158 valence electrons.